The summed E-state index contributed by atoms with van der Waals surface area (Å²) in [6.07, 6.45) is 30.6. The van der Waals surface area contributed by atoms with Crippen molar-refractivity contribution in [1.82, 2.24) is 19.8 Å². The number of carbonyl (C=O) groups is 10. The van der Waals surface area contributed by atoms with Crippen LogP contribution in [-0.4, -0.2) is 181 Å². The molecule has 0 aliphatic heterocycles. The van der Waals surface area contributed by atoms with Crippen molar-refractivity contribution in [2.75, 3.05) is 67.7 Å². The summed E-state index contributed by atoms with van der Waals surface area (Å²) < 4.78 is 55.9. The lowest BCUT2D eigenvalue weighted by atomic mass is 9.72. The number of nitrogens with zero attached hydrogens (tertiary/aromatic N) is 4. The Hall–Kier alpha value is -7.08. The molecule has 2 fully saturated rings. The molecule has 0 spiro atoms. The van der Waals surface area contributed by atoms with Gasteiger partial charge in [0, 0.05) is 42.8 Å². The Kier molecular flexibility index (Phi) is 58.6. The lowest BCUT2D eigenvalue weighted by molar-refractivity contribution is -0.170. The smallest absolute Gasteiger partial charge is 0.312 e. The van der Waals surface area contributed by atoms with Crippen molar-refractivity contribution in [3.8, 4) is 0 Å². The number of carbonyl (C=O) groups excluding carboxylic acids is 10. The minimum atomic E-state index is -0.631. The fraction of sp³-hybridized carbons (Fsp3) is 0.839. The van der Waals surface area contributed by atoms with Gasteiger partial charge in [0.2, 0.25) is 0 Å². The molecular formula is C124H224N4O20. The van der Waals surface area contributed by atoms with Crippen LogP contribution in [0.1, 0.15) is 509 Å². The van der Waals surface area contributed by atoms with Crippen LogP contribution in [0.4, 0.5) is 0 Å². The van der Waals surface area contributed by atoms with E-state index in [4.69, 9.17) is 47.4 Å². The number of rotatable bonds is 50. The molecule has 0 radical (unpaired) electrons. The summed E-state index contributed by atoms with van der Waals surface area (Å²) in [5.41, 5.74) is -5.30. The number of ether oxygens (including phenoxy) is 10. The number of pyridine rings is 2. The normalized spacial score (nSPS) is 16.7. The lowest BCUT2D eigenvalue weighted by Crippen LogP contribution is -2.38. The lowest BCUT2D eigenvalue weighted by Gasteiger charge is -2.34. The minimum absolute atomic E-state index is 0.0134. The Balaban J connectivity index is 0. The Labute approximate surface area is 904 Å². The van der Waals surface area contributed by atoms with Crippen molar-refractivity contribution in [3.63, 3.8) is 0 Å². The van der Waals surface area contributed by atoms with E-state index in [0.29, 0.717) is 117 Å². The molecule has 2 aliphatic rings. The highest BCUT2D eigenvalue weighted by Crippen LogP contribution is 2.46. The molecule has 2 heterocycles. The maximum atomic E-state index is 12.8. The van der Waals surface area contributed by atoms with E-state index in [1.54, 1.807) is 0 Å². The number of likely N-dealkylation sites (N-methyl/N-ethyl adjacent to an activating group) is 2. The third-order valence-corrected chi connectivity index (χ3v) is 30.2. The van der Waals surface area contributed by atoms with Crippen molar-refractivity contribution >= 4 is 59.7 Å². The summed E-state index contributed by atoms with van der Waals surface area (Å²) in [4.78, 5) is 138. The molecule has 2 aliphatic carbocycles. The first-order valence-electron chi connectivity index (χ1n) is 56.1. The summed E-state index contributed by atoms with van der Waals surface area (Å²) >= 11 is 0. The van der Waals surface area contributed by atoms with E-state index in [-0.39, 0.29) is 92.6 Å². The van der Waals surface area contributed by atoms with Crippen LogP contribution in [0.15, 0.2) is 48.9 Å². The van der Waals surface area contributed by atoms with Crippen LogP contribution in [0.2, 0.25) is 0 Å². The summed E-state index contributed by atoms with van der Waals surface area (Å²) in [6.45, 7) is 90.6. The molecule has 0 aromatic carbocycles. The average molecular weight is 2090 g/mol. The first-order valence-corrected chi connectivity index (χ1v) is 56.1. The van der Waals surface area contributed by atoms with E-state index in [1.807, 2.05) is 304 Å². The topological polar surface area (TPSA) is 295 Å². The zero-order valence-corrected chi connectivity index (χ0v) is 104. The fourth-order valence-electron chi connectivity index (χ4n) is 16.0. The molecule has 2 aromatic heterocycles. The van der Waals surface area contributed by atoms with Crippen LogP contribution in [0, 0.1) is 65.0 Å². The number of esters is 10. The zero-order chi connectivity index (χ0) is 116. The van der Waals surface area contributed by atoms with Crippen LogP contribution < -0.4 is 0 Å². The molecule has 0 bridgehead atoms. The molecule has 2 aromatic rings. The van der Waals surface area contributed by atoms with Gasteiger partial charge in [0.25, 0.3) is 0 Å². The fourth-order valence-corrected chi connectivity index (χ4v) is 16.0. The second-order valence-electron chi connectivity index (χ2n) is 55.8. The van der Waals surface area contributed by atoms with E-state index in [1.165, 1.54) is 5.56 Å². The molecule has 24 heteroatoms. The van der Waals surface area contributed by atoms with Gasteiger partial charge in [-0.1, -0.05) is 103 Å². The SMILES string of the molecule is CCC(C)(CCC(C)(C)C(=O)OC(C)(C)C)C(=O)OCCCC(C)(C)C.CCC(C)(CCC(C)(C)C(=O)OC(C)(C)C)C(=O)OCCN(C)C.CCC(C)(CCC(C)(C)C(=O)OC(C)(C)C)c1ccccn1.CCC(C)(CCC(C)(C)C(=O)OC(C)(C)C)c1ccncc1.CCC(C)(CCC(C)(C)C(=O)OC1(C)CCCC1)C(=O)OCCCC(C)(C)C.CCC(C)(CCC(C)(C)C(=O)OC1(C)CCCC1)C(=O)OCCN(C)C. The van der Waals surface area contributed by atoms with E-state index in [0.717, 1.165) is 121 Å². The second kappa shape index (κ2) is 60.7. The largest absolute Gasteiger partial charge is 0.465 e. The molecule has 0 N–H and O–H groups in total. The summed E-state index contributed by atoms with van der Waals surface area (Å²) in [5, 5.41) is 0. The number of aromatic nitrogens is 2. The van der Waals surface area contributed by atoms with E-state index >= 15 is 0 Å². The molecule has 148 heavy (non-hydrogen) atoms. The standard InChI is InChI=1S/C24H44O4.C22H42O4.C21H39NO4.C19H37NO4.2C19H31NO2/c1-9-23(7,20(26)27-18-12-13-21(2,3)4)17-16-22(5,6)19(25)28-24(8)14-10-11-15-24;1-11-22(10,18(24)25-16-12-13-19(2,3)4)15-14-21(8,9)17(23)26-20(5,6)7;1-8-20(4,18(24)25-16-15-22(6)7)14-13-19(2,3)17(23)26-21(5)11-9-10-12-21;1-10-19(7,16(22)23-14-13-20(8)9)12-11-18(5,6)15(21)24-17(2,3)4;1-8-19(7,15-9-13-20-14-10-15)12-11-18(5,6)16(21)22-17(2,3)4;1-8-19(7,15-11-9-10-14-20-15)13-12-18(5,6)16(21)22-17(2,3)4/h9-18H2,1-8H3;11-16H2,1-10H3;8-16H2,1-7H3;10-14H2,1-9H3;9-10,13-14H,8,11-12H2,1-7H3;9-11,14H,8,12-13H2,1-7H3. The molecule has 0 saturated heterocycles. The number of hydrogen-bond acceptors (Lipinski definition) is 24. The van der Waals surface area contributed by atoms with E-state index < -0.39 is 76.6 Å². The van der Waals surface area contributed by atoms with Crippen LogP contribution >= 0.6 is 0 Å². The van der Waals surface area contributed by atoms with Crippen LogP contribution in [0.3, 0.4) is 0 Å². The van der Waals surface area contributed by atoms with E-state index in [9.17, 15) is 47.9 Å². The maximum Gasteiger partial charge on any atom is 0.312 e. The Morgan fingerprint density at radius 2 is 0.527 bits per heavy atom. The summed E-state index contributed by atoms with van der Waals surface area (Å²) in [6, 6.07) is 10.2. The Morgan fingerprint density at radius 3 is 0.750 bits per heavy atom. The Morgan fingerprint density at radius 1 is 0.284 bits per heavy atom. The third kappa shape index (κ3) is 56.2. The summed E-state index contributed by atoms with van der Waals surface area (Å²) in [5.74, 6) is -1.65. The molecule has 6 unspecified atom stereocenters. The Bertz CT molecular complexity index is 4170. The van der Waals surface area contributed by atoms with Crippen molar-refractivity contribution in [3.05, 3.63) is 60.2 Å². The highest BCUT2D eigenvalue weighted by molar-refractivity contribution is 5.81. The predicted octanol–water partition coefficient (Wildman–Crippen LogP) is 30.0. The van der Waals surface area contributed by atoms with Crippen molar-refractivity contribution in [2.24, 2.45) is 65.0 Å². The molecular weight excluding hydrogens is 1870 g/mol. The van der Waals surface area contributed by atoms with Crippen molar-refractivity contribution in [1.29, 1.82) is 0 Å². The van der Waals surface area contributed by atoms with Crippen molar-refractivity contribution in [2.45, 2.75) is 542 Å². The molecule has 6 atom stereocenters. The highest BCUT2D eigenvalue weighted by Gasteiger charge is 2.47. The molecule has 4 rings (SSSR count). The van der Waals surface area contributed by atoms with Gasteiger partial charge in [0.05, 0.1) is 67.4 Å². The van der Waals surface area contributed by atoms with Gasteiger partial charge >= 0.3 is 59.7 Å². The molecule has 24 nitrogen and oxygen atoms in total. The number of hydrogen-bond donors (Lipinski definition) is 0. The summed E-state index contributed by atoms with van der Waals surface area (Å²) in [7, 11) is 7.78. The molecule has 2 saturated carbocycles. The van der Waals surface area contributed by atoms with Crippen LogP contribution in [0.25, 0.3) is 0 Å². The van der Waals surface area contributed by atoms with E-state index in [2.05, 4.69) is 97.4 Å². The monoisotopic (exact) mass is 2090 g/mol. The van der Waals surface area contributed by atoms with Crippen LogP contribution in [-0.2, 0) is 106 Å². The van der Waals surface area contributed by atoms with Crippen molar-refractivity contribution < 1.29 is 95.3 Å². The first kappa shape index (κ1) is 143. The van der Waals surface area contributed by atoms with Gasteiger partial charge in [-0.2, -0.15) is 0 Å². The van der Waals surface area contributed by atoms with Crippen LogP contribution in [0.5, 0.6) is 0 Å². The molecule has 0 amide bonds. The quantitative estimate of drug-likeness (QED) is 0.0338. The second-order valence-corrected chi connectivity index (χ2v) is 55.8. The van der Waals surface area contributed by atoms with Gasteiger partial charge in [-0.3, -0.25) is 57.9 Å². The average Bonchev–Trinajstić information content (AvgIpc) is 1.73. The minimum Gasteiger partial charge on any atom is -0.465 e. The molecule has 860 valence electrons. The zero-order valence-electron chi connectivity index (χ0n) is 104. The highest BCUT2D eigenvalue weighted by atomic mass is 16.6. The maximum absolute atomic E-state index is 12.8. The first-order chi connectivity index (χ1) is 66.9. The third-order valence-electron chi connectivity index (χ3n) is 30.2. The van der Waals surface area contributed by atoms with Gasteiger partial charge in [-0.05, 0) is 475 Å². The van der Waals surface area contributed by atoms with Gasteiger partial charge in [-0.15, -0.1) is 0 Å². The van der Waals surface area contributed by atoms with Gasteiger partial charge < -0.3 is 57.2 Å². The van der Waals surface area contributed by atoms with Gasteiger partial charge in [-0.25, -0.2) is 0 Å². The van der Waals surface area contributed by atoms with Gasteiger partial charge in [0.15, 0.2) is 0 Å². The predicted molar refractivity (Wildman–Crippen MR) is 603 cm³/mol. The van der Waals surface area contributed by atoms with Gasteiger partial charge in [0.1, 0.15) is 46.8 Å².